The van der Waals surface area contributed by atoms with E-state index < -0.39 is 0 Å². The Kier molecular flexibility index (Phi) is 5.53. The molecule has 0 spiro atoms. The Bertz CT molecular complexity index is 439. The summed E-state index contributed by atoms with van der Waals surface area (Å²) in [6.45, 7) is 6.63. The first-order valence-corrected chi connectivity index (χ1v) is 6.31. The van der Waals surface area contributed by atoms with E-state index in [-0.39, 0.29) is 12.5 Å². The van der Waals surface area contributed by atoms with Gasteiger partial charge >= 0.3 is 0 Å². The number of hydrogen-bond donors (Lipinski definition) is 2. The zero-order chi connectivity index (χ0) is 13.5. The van der Waals surface area contributed by atoms with Crippen LogP contribution in [0.2, 0.25) is 0 Å². The first-order chi connectivity index (χ1) is 8.67. The highest BCUT2D eigenvalue weighted by Crippen LogP contribution is 2.19. The van der Waals surface area contributed by atoms with Crippen LogP contribution in [0.4, 0.5) is 5.82 Å². The molecular weight excluding hydrogens is 228 g/mol. The van der Waals surface area contributed by atoms with Crippen molar-refractivity contribution in [2.24, 2.45) is 5.92 Å². The van der Waals surface area contributed by atoms with Crippen LogP contribution in [-0.4, -0.2) is 28.5 Å². The zero-order valence-electron chi connectivity index (χ0n) is 11.2. The second-order valence-corrected chi connectivity index (χ2v) is 4.34. The number of aliphatic hydroxyl groups is 1. The minimum atomic E-state index is 0.107. The van der Waals surface area contributed by atoms with Crippen molar-refractivity contribution in [3.05, 3.63) is 16.8 Å². The van der Waals surface area contributed by atoms with Gasteiger partial charge in [0, 0.05) is 13.2 Å². The molecule has 0 aliphatic heterocycles. The predicted octanol–water partition coefficient (Wildman–Crippen LogP) is 1.51. The van der Waals surface area contributed by atoms with Crippen molar-refractivity contribution in [2.45, 2.75) is 33.6 Å². The number of anilines is 1. The number of nitriles is 1. The lowest BCUT2D eigenvalue weighted by Crippen LogP contribution is -2.17. The van der Waals surface area contributed by atoms with Gasteiger partial charge in [-0.2, -0.15) is 10.4 Å². The van der Waals surface area contributed by atoms with Gasteiger partial charge in [-0.25, -0.2) is 0 Å². The van der Waals surface area contributed by atoms with Crippen molar-refractivity contribution in [1.82, 2.24) is 10.2 Å². The van der Waals surface area contributed by atoms with Gasteiger partial charge in [0.2, 0.25) is 0 Å². The molecule has 0 bridgehead atoms. The van der Waals surface area contributed by atoms with Gasteiger partial charge in [0.25, 0.3) is 0 Å². The summed E-state index contributed by atoms with van der Waals surface area (Å²) in [6, 6.07) is 2.20. The second kappa shape index (κ2) is 6.92. The van der Waals surface area contributed by atoms with Gasteiger partial charge in [-0.1, -0.05) is 20.8 Å². The van der Waals surface area contributed by atoms with Gasteiger partial charge in [0.1, 0.15) is 11.6 Å². The number of aromatic nitrogens is 2. The van der Waals surface area contributed by atoms with Gasteiger partial charge in [-0.15, -0.1) is 5.10 Å². The van der Waals surface area contributed by atoms with Crippen LogP contribution in [0.25, 0.3) is 0 Å². The summed E-state index contributed by atoms with van der Waals surface area (Å²) in [5.41, 5.74) is 2.43. The average molecular weight is 248 g/mol. The van der Waals surface area contributed by atoms with Crippen LogP contribution in [0.5, 0.6) is 0 Å². The van der Waals surface area contributed by atoms with E-state index >= 15 is 0 Å². The number of aryl methyl sites for hydroxylation is 1. The molecule has 98 valence electrons. The van der Waals surface area contributed by atoms with E-state index in [4.69, 9.17) is 5.11 Å². The van der Waals surface area contributed by atoms with Crippen LogP contribution in [0, 0.1) is 17.2 Å². The fourth-order valence-corrected chi connectivity index (χ4v) is 1.75. The average Bonchev–Trinajstić information content (AvgIpc) is 2.43. The van der Waals surface area contributed by atoms with E-state index in [1.165, 1.54) is 0 Å². The summed E-state index contributed by atoms with van der Waals surface area (Å²) in [5.74, 6) is 0.640. The monoisotopic (exact) mass is 248 g/mol. The summed E-state index contributed by atoms with van der Waals surface area (Å²) in [4.78, 5) is 0. The Morgan fingerprint density at radius 3 is 2.56 bits per heavy atom. The van der Waals surface area contributed by atoms with Gasteiger partial charge in [-0.05, 0) is 24.3 Å². The van der Waals surface area contributed by atoms with E-state index in [1.54, 1.807) is 0 Å². The highest BCUT2D eigenvalue weighted by molar-refractivity contribution is 5.56. The Morgan fingerprint density at radius 1 is 1.33 bits per heavy atom. The van der Waals surface area contributed by atoms with Crippen LogP contribution < -0.4 is 5.32 Å². The van der Waals surface area contributed by atoms with Gasteiger partial charge in [0.05, 0.1) is 5.69 Å². The SMILES string of the molecule is CCc1nnc(NCC(C)CO)c(C#N)c1CC. The van der Waals surface area contributed by atoms with Crippen LogP contribution in [0.1, 0.15) is 37.6 Å². The van der Waals surface area contributed by atoms with Gasteiger partial charge in [-0.3, -0.25) is 0 Å². The molecule has 1 unspecified atom stereocenters. The first kappa shape index (κ1) is 14.4. The largest absolute Gasteiger partial charge is 0.396 e. The minimum Gasteiger partial charge on any atom is -0.396 e. The van der Waals surface area contributed by atoms with Crippen LogP contribution >= 0.6 is 0 Å². The van der Waals surface area contributed by atoms with E-state index in [0.717, 1.165) is 24.1 Å². The Balaban J connectivity index is 3.02. The maximum Gasteiger partial charge on any atom is 0.166 e. The molecule has 1 rings (SSSR count). The molecule has 5 nitrogen and oxygen atoms in total. The number of hydrogen-bond acceptors (Lipinski definition) is 5. The van der Waals surface area contributed by atoms with Gasteiger partial charge in [0.15, 0.2) is 5.82 Å². The fourth-order valence-electron chi connectivity index (χ4n) is 1.75. The molecule has 5 heteroatoms. The lowest BCUT2D eigenvalue weighted by molar-refractivity contribution is 0.244. The Morgan fingerprint density at radius 2 is 2.06 bits per heavy atom. The molecule has 0 aliphatic rings. The molecule has 2 N–H and O–H groups in total. The Hall–Kier alpha value is -1.67. The molecule has 0 fully saturated rings. The molecule has 0 aliphatic carbocycles. The summed E-state index contributed by atoms with van der Waals surface area (Å²) in [5, 5.41) is 29.6. The van der Waals surface area contributed by atoms with Crippen molar-refractivity contribution < 1.29 is 5.11 Å². The topological polar surface area (TPSA) is 81.8 Å². The lowest BCUT2D eigenvalue weighted by atomic mass is 10.0. The molecule has 0 saturated carbocycles. The van der Waals surface area contributed by atoms with Crippen LogP contribution in [0.3, 0.4) is 0 Å². The predicted molar refractivity (Wildman–Crippen MR) is 70.2 cm³/mol. The highest BCUT2D eigenvalue weighted by Gasteiger charge is 2.14. The maximum atomic E-state index is 9.27. The molecular formula is C13H20N4O. The smallest absolute Gasteiger partial charge is 0.166 e. The van der Waals surface area contributed by atoms with Crippen LogP contribution in [-0.2, 0) is 12.8 Å². The number of nitrogens with one attached hydrogen (secondary N) is 1. The van der Waals surface area contributed by atoms with E-state index in [1.807, 2.05) is 20.8 Å². The third-order valence-electron chi connectivity index (χ3n) is 2.89. The summed E-state index contributed by atoms with van der Waals surface area (Å²) in [6.07, 6.45) is 1.55. The van der Waals surface area contributed by atoms with E-state index in [9.17, 15) is 5.26 Å². The molecule has 1 aromatic rings. The van der Waals surface area contributed by atoms with E-state index in [2.05, 4.69) is 21.6 Å². The highest BCUT2D eigenvalue weighted by atomic mass is 16.3. The van der Waals surface area contributed by atoms with Crippen LogP contribution in [0.15, 0.2) is 0 Å². The molecule has 0 radical (unpaired) electrons. The van der Waals surface area contributed by atoms with Gasteiger partial charge < -0.3 is 10.4 Å². The van der Waals surface area contributed by atoms with E-state index in [0.29, 0.717) is 17.9 Å². The van der Waals surface area contributed by atoms with Crippen molar-refractivity contribution in [2.75, 3.05) is 18.5 Å². The number of nitrogens with zero attached hydrogens (tertiary/aromatic N) is 3. The number of aliphatic hydroxyl groups excluding tert-OH is 1. The molecule has 0 aromatic carbocycles. The molecule has 1 aromatic heterocycles. The van der Waals surface area contributed by atoms with Crippen molar-refractivity contribution in [3.63, 3.8) is 0 Å². The standard InChI is InChI=1S/C13H20N4O/c1-4-10-11(6-14)13(15-7-9(3)8-18)17-16-12(10)5-2/h9,18H,4-5,7-8H2,1-3H3,(H,15,17). The molecule has 1 atom stereocenters. The minimum absolute atomic E-state index is 0.107. The molecule has 0 amide bonds. The van der Waals surface area contributed by atoms with Crippen molar-refractivity contribution >= 4 is 5.82 Å². The normalized spacial score (nSPS) is 11.9. The molecule has 1 heterocycles. The Labute approximate surface area is 108 Å². The third-order valence-corrected chi connectivity index (χ3v) is 2.89. The summed E-state index contributed by atoms with van der Waals surface area (Å²) < 4.78 is 0. The molecule has 18 heavy (non-hydrogen) atoms. The van der Waals surface area contributed by atoms with Crippen molar-refractivity contribution in [1.29, 1.82) is 5.26 Å². The third kappa shape index (κ3) is 3.17. The number of rotatable bonds is 6. The summed E-state index contributed by atoms with van der Waals surface area (Å²) >= 11 is 0. The summed E-state index contributed by atoms with van der Waals surface area (Å²) in [7, 11) is 0. The maximum absolute atomic E-state index is 9.27. The lowest BCUT2D eigenvalue weighted by Gasteiger charge is -2.13. The van der Waals surface area contributed by atoms with Crippen molar-refractivity contribution in [3.8, 4) is 6.07 Å². The first-order valence-electron chi connectivity index (χ1n) is 6.31. The quantitative estimate of drug-likeness (QED) is 0.797. The second-order valence-electron chi connectivity index (χ2n) is 4.34. The fraction of sp³-hybridized carbons (Fsp3) is 0.615. The molecule has 0 saturated heterocycles. The zero-order valence-corrected chi connectivity index (χ0v) is 11.2.